The molecule has 1 N–H and O–H groups in total. The molecule has 1 aliphatic rings. The molecule has 2 aromatic carbocycles. The van der Waals surface area contributed by atoms with Crippen molar-refractivity contribution in [2.75, 3.05) is 13.1 Å². The van der Waals surface area contributed by atoms with Gasteiger partial charge in [0.05, 0.1) is 10.4 Å². The third-order valence-electron chi connectivity index (χ3n) is 4.98. The zero-order valence-corrected chi connectivity index (χ0v) is 16.5. The van der Waals surface area contributed by atoms with Gasteiger partial charge < -0.3 is 9.73 Å². The number of carbonyl (C=O) groups is 1. The van der Waals surface area contributed by atoms with Crippen LogP contribution in [-0.4, -0.2) is 36.3 Å². The van der Waals surface area contributed by atoms with E-state index in [0.29, 0.717) is 25.2 Å². The maximum atomic E-state index is 12.7. The van der Waals surface area contributed by atoms with Crippen LogP contribution in [0.25, 0.3) is 11.1 Å². The zero-order chi connectivity index (χ0) is 20.4. The lowest BCUT2D eigenvalue weighted by molar-refractivity contribution is -0.121. The molecule has 1 saturated heterocycles. The number of sulfonamides is 1. The molecule has 0 unspecified atom stereocenters. The second-order valence-electron chi connectivity index (χ2n) is 6.96. The number of oxazole rings is 1. The van der Waals surface area contributed by atoms with Gasteiger partial charge in [-0.2, -0.15) is 4.31 Å². The van der Waals surface area contributed by atoms with E-state index in [1.165, 1.54) is 27.1 Å². The average molecular weight is 415 g/mol. The summed E-state index contributed by atoms with van der Waals surface area (Å²) in [7, 11) is -3.61. The molecule has 0 aliphatic carbocycles. The van der Waals surface area contributed by atoms with Crippen LogP contribution in [0.2, 0.25) is 0 Å². The van der Waals surface area contributed by atoms with Crippen molar-refractivity contribution in [3.63, 3.8) is 0 Å². The second-order valence-corrected chi connectivity index (χ2v) is 8.90. The third kappa shape index (κ3) is 3.96. The third-order valence-corrected chi connectivity index (χ3v) is 6.87. The molecule has 8 nitrogen and oxygen atoms in total. The summed E-state index contributed by atoms with van der Waals surface area (Å²) in [4.78, 5) is 24.6. The minimum Gasteiger partial charge on any atom is -0.408 e. The molecule has 0 bridgehead atoms. The Morgan fingerprint density at radius 3 is 2.52 bits per heavy atom. The highest BCUT2D eigenvalue weighted by molar-refractivity contribution is 7.89. The quantitative estimate of drug-likeness (QED) is 0.660. The van der Waals surface area contributed by atoms with Crippen LogP contribution in [0.15, 0.2) is 62.6 Å². The van der Waals surface area contributed by atoms with Gasteiger partial charge in [0.2, 0.25) is 15.9 Å². The van der Waals surface area contributed by atoms with Crippen molar-refractivity contribution in [2.45, 2.75) is 30.8 Å². The van der Waals surface area contributed by atoms with Gasteiger partial charge in [0, 0.05) is 25.7 Å². The second kappa shape index (κ2) is 7.84. The van der Waals surface area contributed by atoms with Gasteiger partial charge in [0.15, 0.2) is 5.58 Å². The Morgan fingerprint density at radius 1 is 1.07 bits per heavy atom. The highest BCUT2D eigenvalue weighted by atomic mass is 32.2. The minimum atomic E-state index is -3.61. The predicted molar refractivity (Wildman–Crippen MR) is 107 cm³/mol. The lowest BCUT2D eigenvalue weighted by atomic mass is 10.2. The highest BCUT2D eigenvalue weighted by Crippen LogP contribution is 2.24. The monoisotopic (exact) mass is 415 g/mol. The van der Waals surface area contributed by atoms with Crippen molar-refractivity contribution >= 4 is 27.0 Å². The van der Waals surface area contributed by atoms with Crippen LogP contribution >= 0.6 is 0 Å². The van der Waals surface area contributed by atoms with Crippen molar-refractivity contribution < 1.29 is 17.6 Å². The van der Waals surface area contributed by atoms with Gasteiger partial charge in [0.1, 0.15) is 6.54 Å². The summed E-state index contributed by atoms with van der Waals surface area (Å²) in [5.41, 5.74) is 1.47. The molecule has 0 radical (unpaired) electrons. The summed E-state index contributed by atoms with van der Waals surface area (Å²) in [6.45, 7) is 1.12. The maximum absolute atomic E-state index is 12.7. The van der Waals surface area contributed by atoms with Gasteiger partial charge in [0.25, 0.3) is 0 Å². The van der Waals surface area contributed by atoms with E-state index in [4.69, 9.17) is 4.42 Å². The summed E-state index contributed by atoms with van der Waals surface area (Å²) in [6.07, 6.45) is 1.68. The van der Waals surface area contributed by atoms with E-state index in [2.05, 4.69) is 5.32 Å². The molecule has 0 atom stereocenters. The number of nitrogens with zero attached hydrogens (tertiary/aromatic N) is 2. The first-order valence-electron chi connectivity index (χ1n) is 9.39. The predicted octanol–water partition coefficient (Wildman–Crippen LogP) is 1.70. The molecule has 4 rings (SSSR count). The molecule has 1 aromatic heterocycles. The molecule has 1 aliphatic heterocycles. The van der Waals surface area contributed by atoms with Crippen LogP contribution in [0.3, 0.4) is 0 Å². The lowest BCUT2D eigenvalue weighted by Crippen LogP contribution is -2.30. The number of rotatable bonds is 6. The van der Waals surface area contributed by atoms with Crippen molar-refractivity contribution in [2.24, 2.45) is 0 Å². The number of benzene rings is 2. The normalized spacial score (nSPS) is 15.0. The van der Waals surface area contributed by atoms with Gasteiger partial charge in [-0.3, -0.25) is 9.36 Å². The summed E-state index contributed by atoms with van der Waals surface area (Å²) in [5.74, 6) is -1.04. The summed E-state index contributed by atoms with van der Waals surface area (Å²) in [5, 5.41) is 2.76. The molecule has 9 heteroatoms. The van der Waals surface area contributed by atoms with Crippen LogP contribution in [0.1, 0.15) is 18.4 Å². The fourth-order valence-corrected chi connectivity index (χ4v) is 4.96. The van der Waals surface area contributed by atoms with Gasteiger partial charge in [-0.1, -0.05) is 30.3 Å². The van der Waals surface area contributed by atoms with Gasteiger partial charge in [-0.05, 0) is 30.5 Å². The van der Waals surface area contributed by atoms with E-state index >= 15 is 0 Å². The summed E-state index contributed by atoms with van der Waals surface area (Å²) in [6, 6.07) is 13.7. The number of fused-ring (bicyclic) bond motifs is 1. The molecule has 2 heterocycles. The van der Waals surface area contributed by atoms with E-state index in [0.717, 1.165) is 18.4 Å². The van der Waals surface area contributed by atoms with E-state index in [9.17, 15) is 18.0 Å². The smallest absolute Gasteiger partial charge is 0.408 e. The Labute approximate surface area is 167 Å². The molecule has 0 saturated carbocycles. The molecule has 0 spiro atoms. The van der Waals surface area contributed by atoms with Crippen molar-refractivity contribution in [1.29, 1.82) is 0 Å². The molecule has 3 aromatic rings. The van der Waals surface area contributed by atoms with Crippen molar-refractivity contribution in [3.8, 4) is 0 Å². The minimum absolute atomic E-state index is 0.0846. The zero-order valence-electron chi connectivity index (χ0n) is 15.7. The molecular weight excluding hydrogens is 394 g/mol. The van der Waals surface area contributed by atoms with Crippen molar-refractivity contribution in [1.82, 2.24) is 14.2 Å². The van der Waals surface area contributed by atoms with Gasteiger partial charge >= 0.3 is 5.76 Å². The number of amides is 1. The van der Waals surface area contributed by atoms with Crippen LogP contribution in [-0.2, 0) is 27.9 Å². The number of hydrogen-bond donors (Lipinski definition) is 1. The number of aromatic nitrogens is 1. The van der Waals surface area contributed by atoms with Crippen LogP contribution in [0, 0.1) is 0 Å². The first-order valence-corrected chi connectivity index (χ1v) is 10.8. The van der Waals surface area contributed by atoms with E-state index in [1.54, 1.807) is 0 Å². The first kappa shape index (κ1) is 19.4. The Balaban J connectivity index is 1.54. The van der Waals surface area contributed by atoms with Crippen LogP contribution in [0.5, 0.6) is 0 Å². The van der Waals surface area contributed by atoms with Gasteiger partial charge in [-0.25, -0.2) is 13.2 Å². The summed E-state index contributed by atoms with van der Waals surface area (Å²) < 4.78 is 33.2. The number of carbonyl (C=O) groups excluding carboxylic acids is 1. The molecule has 29 heavy (non-hydrogen) atoms. The van der Waals surface area contributed by atoms with Crippen molar-refractivity contribution in [3.05, 3.63) is 64.6 Å². The first-order chi connectivity index (χ1) is 13.9. The van der Waals surface area contributed by atoms with Gasteiger partial charge in [-0.15, -0.1) is 0 Å². The average Bonchev–Trinajstić information content (AvgIpc) is 3.36. The highest BCUT2D eigenvalue weighted by Gasteiger charge is 2.28. The topological polar surface area (TPSA) is 102 Å². The van der Waals surface area contributed by atoms with Crippen LogP contribution < -0.4 is 11.1 Å². The SMILES string of the molecule is O=C(Cn1c(=O)oc2cc(S(=O)(=O)N3CCCC3)ccc21)NCc1ccccc1. The Morgan fingerprint density at radius 2 is 1.79 bits per heavy atom. The van der Waals surface area contributed by atoms with E-state index in [1.807, 2.05) is 30.3 Å². The largest absolute Gasteiger partial charge is 0.420 e. The van der Waals surface area contributed by atoms with E-state index in [-0.39, 0.29) is 22.9 Å². The molecular formula is C20H21N3O5S. The number of nitrogens with one attached hydrogen (secondary N) is 1. The summed E-state index contributed by atoms with van der Waals surface area (Å²) >= 11 is 0. The van der Waals surface area contributed by atoms with Crippen LogP contribution in [0.4, 0.5) is 0 Å². The number of hydrogen-bond acceptors (Lipinski definition) is 5. The Hall–Kier alpha value is -2.91. The molecule has 1 amide bonds. The standard InChI is InChI=1S/C20H21N3O5S/c24-19(21-13-15-6-2-1-3-7-15)14-23-17-9-8-16(12-18(17)28-20(23)25)29(26,27)22-10-4-5-11-22/h1-3,6-9,12H,4-5,10-11,13-14H2,(H,21,24). The fraction of sp³-hybridized carbons (Fsp3) is 0.300. The lowest BCUT2D eigenvalue weighted by Gasteiger charge is -2.15. The Bertz CT molecular complexity index is 1190. The molecule has 1 fully saturated rings. The Kier molecular flexibility index (Phi) is 5.25. The van der Waals surface area contributed by atoms with E-state index < -0.39 is 15.8 Å². The molecule has 152 valence electrons. The fourth-order valence-electron chi connectivity index (χ4n) is 3.43. The maximum Gasteiger partial charge on any atom is 0.420 e.